The topological polar surface area (TPSA) is 101 Å². The third kappa shape index (κ3) is 4.69. The molecule has 0 spiro atoms. The van der Waals surface area contributed by atoms with Gasteiger partial charge < -0.3 is 9.32 Å². The summed E-state index contributed by atoms with van der Waals surface area (Å²) in [6.07, 6.45) is 3.51. The Morgan fingerprint density at radius 1 is 1.00 bits per heavy atom. The number of halogens is 3. The van der Waals surface area contributed by atoms with Crippen LogP contribution < -0.4 is 9.62 Å². The minimum Gasteiger partial charge on any atom is -0.421 e. The van der Waals surface area contributed by atoms with Crippen LogP contribution in [0, 0.1) is 11.6 Å². The Hall–Kier alpha value is -3.57. The van der Waals surface area contributed by atoms with Crippen molar-refractivity contribution in [2.75, 3.05) is 22.7 Å². The number of hydrogen-bond acceptors (Lipinski definition) is 7. The fourth-order valence-corrected chi connectivity index (χ4v) is 5.19. The third-order valence-corrected chi connectivity index (χ3v) is 7.04. The average Bonchev–Trinajstić information content (AvgIpc) is 3.49. The van der Waals surface area contributed by atoms with Crippen molar-refractivity contribution in [2.45, 2.75) is 17.7 Å². The largest absolute Gasteiger partial charge is 0.421 e. The van der Waals surface area contributed by atoms with Gasteiger partial charge in [0.05, 0.1) is 0 Å². The molecule has 0 amide bonds. The molecule has 1 N–H and O–H groups in total. The molecule has 12 heteroatoms. The van der Waals surface area contributed by atoms with Crippen LogP contribution in [-0.2, 0) is 10.0 Å². The van der Waals surface area contributed by atoms with Gasteiger partial charge >= 0.3 is 0 Å². The molecule has 0 unspecified atom stereocenters. The van der Waals surface area contributed by atoms with Gasteiger partial charge in [-0.2, -0.15) is 4.98 Å². The molecular formula is C23H18ClF2N5O3S. The molecule has 3 heterocycles. The van der Waals surface area contributed by atoms with E-state index in [2.05, 4.69) is 19.7 Å². The van der Waals surface area contributed by atoms with Gasteiger partial charge in [-0.15, -0.1) is 0 Å². The van der Waals surface area contributed by atoms with E-state index in [1.807, 2.05) is 4.90 Å². The monoisotopic (exact) mass is 517 g/mol. The molecule has 0 atom stereocenters. The first-order valence-electron chi connectivity index (χ1n) is 10.6. The molecule has 5 rings (SSSR count). The molecule has 0 radical (unpaired) electrons. The second-order valence-corrected chi connectivity index (χ2v) is 9.77. The smallest absolute Gasteiger partial charge is 0.298 e. The number of benzene rings is 2. The number of aromatic nitrogens is 3. The summed E-state index contributed by atoms with van der Waals surface area (Å²) in [7, 11) is -4.54. The number of anilines is 2. The number of oxazole rings is 1. The van der Waals surface area contributed by atoms with Gasteiger partial charge in [0.25, 0.3) is 16.0 Å². The standard InChI is InChI=1S/C23H18ClF2N5O3S/c24-22-27-10-9-18(28-22)20-19(29-23(34-20)31-11-1-2-12-31)14-5-3-6-15(13-14)30-35(32,33)21-16(25)7-4-8-17(21)26/h3-10,13,30H,1-2,11-12H2. The molecule has 1 aliphatic heterocycles. The molecule has 2 aromatic heterocycles. The number of nitrogens with zero attached hydrogens (tertiary/aromatic N) is 4. The van der Waals surface area contributed by atoms with Crippen molar-refractivity contribution in [3.63, 3.8) is 0 Å². The summed E-state index contributed by atoms with van der Waals surface area (Å²) >= 11 is 5.98. The predicted octanol–water partition coefficient (Wildman–Crippen LogP) is 5.13. The minimum absolute atomic E-state index is 0.0287. The number of nitrogens with one attached hydrogen (secondary N) is 1. The molecule has 1 fully saturated rings. The average molecular weight is 518 g/mol. The zero-order valence-electron chi connectivity index (χ0n) is 18.1. The van der Waals surface area contributed by atoms with Gasteiger partial charge in [-0.3, -0.25) is 4.72 Å². The molecule has 8 nitrogen and oxygen atoms in total. The van der Waals surface area contributed by atoms with E-state index in [4.69, 9.17) is 16.0 Å². The summed E-state index contributed by atoms with van der Waals surface area (Å²) < 4.78 is 62.0. The fourth-order valence-electron chi connectivity index (χ4n) is 3.86. The lowest BCUT2D eigenvalue weighted by Crippen LogP contribution is -2.17. The van der Waals surface area contributed by atoms with Crippen molar-refractivity contribution < 1.29 is 21.6 Å². The van der Waals surface area contributed by atoms with Crippen LogP contribution in [0.25, 0.3) is 22.7 Å². The second-order valence-electron chi connectivity index (χ2n) is 7.82. The number of sulfonamides is 1. The van der Waals surface area contributed by atoms with Crippen molar-refractivity contribution in [1.29, 1.82) is 0 Å². The lowest BCUT2D eigenvalue weighted by molar-refractivity contribution is 0.521. The molecular weight excluding hydrogens is 500 g/mol. The highest BCUT2D eigenvalue weighted by Gasteiger charge is 2.26. The summed E-state index contributed by atoms with van der Waals surface area (Å²) in [5.41, 5.74) is 1.39. The highest BCUT2D eigenvalue weighted by molar-refractivity contribution is 7.92. The Balaban J connectivity index is 1.56. The molecule has 180 valence electrons. The van der Waals surface area contributed by atoms with E-state index >= 15 is 0 Å². The van der Waals surface area contributed by atoms with Crippen molar-refractivity contribution in [1.82, 2.24) is 15.0 Å². The molecule has 1 saturated heterocycles. The van der Waals surface area contributed by atoms with E-state index in [0.717, 1.165) is 44.1 Å². The Bertz CT molecular complexity index is 1490. The summed E-state index contributed by atoms with van der Waals surface area (Å²) in [6, 6.07) is 11.1. The zero-order chi connectivity index (χ0) is 24.6. The maximum atomic E-state index is 14.1. The van der Waals surface area contributed by atoms with Crippen LogP contribution in [0.3, 0.4) is 0 Å². The minimum atomic E-state index is -4.54. The quantitative estimate of drug-likeness (QED) is 0.354. The van der Waals surface area contributed by atoms with Crippen LogP contribution in [0.4, 0.5) is 20.5 Å². The lowest BCUT2D eigenvalue weighted by Gasteiger charge is -2.11. The van der Waals surface area contributed by atoms with Crippen molar-refractivity contribution in [2.24, 2.45) is 0 Å². The van der Waals surface area contributed by atoms with Gasteiger partial charge in [0.1, 0.15) is 23.0 Å². The molecule has 4 aromatic rings. The maximum absolute atomic E-state index is 14.1. The van der Waals surface area contributed by atoms with Gasteiger partial charge in [-0.1, -0.05) is 18.2 Å². The normalized spacial score (nSPS) is 13.9. The van der Waals surface area contributed by atoms with Gasteiger partial charge in [-0.05, 0) is 54.8 Å². The van der Waals surface area contributed by atoms with E-state index in [9.17, 15) is 17.2 Å². The van der Waals surface area contributed by atoms with Crippen molar-refractivity contribution >= 4 is 33.3 Å². The van der Waals surface area contributed by atoms with E-state index < -0.39 is 26.6 Å². The molecule has 0 saturated carbocycles. The van der Waals surface area contributed by atoms with Crippen LogP contribution in [0.1, 0.15) is 12.8 Å². The Labute approximate surface area is 204 Å². The van der Waals surface area contributed by atoms with E-state index in [0.29, 0.717) is 28.7 Å². The van der Waals surface area contributed by atoms with Gasteiger partial charge in [0, 0.05) is 30.5 Å². The predicted molar refractivity (Wildman–Crippen MR) is 127 cm³/mol. The molecule has 2 aromatic carbocycles. The van der Waals surface area contributed by atoms with Crippen LogP contribution in [0.15, 0.2) is 64.0 Å². The summed E-state index contributed by atoms with van der Waals surface area (Å²) in [4.78, 5) is 13.7. The second kappa shape index (κ2) is 9.23. The highest BCUT2D eigenvalue weighted by atomic mass is 35.5. The highest BCUT2D eigenvalue weighted by Crippen LogP contribution is 2.37. The first kappa shape index (κ1) is 23.2. The maximum Gasteiger partial charge on any atom is 0.298 e. The van der Waals surface area contributed by atoms with Crippen LogP contribution in [0.5, 0.6) is 0 Å². The Morgan fingerprint density at radius 2 is 1.71 bits per heavy atom. The van der Waals surface area contributed by atoms with E-state index in [-0.39, 0.29) is 11.0 Å². The molecule has 1 aliphatic rings. The van der Waals surface area contributed by atoms with Crippen LogP contribution in [-0.4, -0.2) is 36.5 Å². The SMILES string of the molecule is O=S(=O)(Nc1cccc(-c2nc(N3CCCC3)oc2-c2ccnc(Cl)n2)c1)c1c(F)cccc1F. The summed E-state index contributed by atoms with van der Waals surface area (Å²) in [5.74, 6) is -2.05. The van der Waals surface area contributed by atoms with Gasteiger partial charge in [0.15, 0.2) is 10.7 Å². The number of hydrogen-bond donors (Lipinski definition) is 1. The van der Waals surface area contributed by atoms with Crippen LogP contribution in [0.2, 0.25) is 5.28 Å². The van der Waals surface area contributed by atoms with Gasteiger partial charge in [0.2, 0.25) is 5.28 Å². The zero-order valence-corrected chi connectivity index (χ0v) is 19.7. The summed E-state index contributed by atoms with van der Waals surface area (Å²) in [5, 5.41) is 0.0287. The Morgan fingerprint density at radius 3 is 2.43 bits per heavy atom. The Kier molecular flexibility index (Phi) is 6.12. The molecule has 0 bridgehead atoms. The van der Waals surface area contributed by atoms with Crippen molar-refractivity contribution in [3.8, 4) is 22.7 Å². The van der Waals surface area contributed by atoms with E-state index in [1.54, 1.807) is 18.2 Å². The molecule has 35 heavy (non-hydrogen) atoms. The third-order valence-electron chi connectivity index (χ3n) is 5.43. The van der Waals surface area contributed by atoms with E-state index in [1.165, 1.54) is 18.3 Å². The van der Waals surface area contributed by atoms with Gasteiger partial charge in [-0.25, -0.2) is 27.2 Å². The van der Waals surface area contributed by atoms with Crippen LogP contribution >= 0.6 is 11.6 Å². The fraction of sp³-hybridized carbons (Fsp3) is 0.174. The molecule has 0 aliphatic carbocycles. The lowest BCUT2D eigenvalue weighted by atomic mass is 10.1. The first-order chi connectivity index (χ1) is 16.8. The summed E-state index contributed by atoms with van der Waals surface area (Å²) in [6.45, 7) is 1.58. The van der Waals surface area contributed by atoms with Crippen molar-refractivity contribution in [3.05, 3.63) is 71.6 Å². The number of rotatable bonds is 6. The first-order valence-corrected chi connectivity index (χ1v) is 12.5.